The molecule has 3 aromatic heterocycles. The molecular formula is C18H19ClN6O3S2. The van der Waals surface area contributed by atoms with Gasteiger partial charge in [-0.1, -0.05) is 11.6 Å². The first-order chi connectivity index (χ1) is 14.4. The predicted octanol–water partition coefficient (Wildman–Crippen LogP) is 2.20. The quantitative estimate of drug-likeness (QED) is 0.621. The molecule has 0 aliphatic carbocycles. The van der Waals surface area contributed by atoms with Gasteiger partial charge in [-0.15, -0.1) is 11.3 Å². The minimum absolute atomic E-state index is 0.219. The van der Waals surface area contributed by atoms with Crippen LogP contribution in [0.2, 0.25) is 4.34 Å². The van der Waals surface area contributed by atoms with Gasteiger partial charge in [-0.3, -0.25) is 0 Å². The molecule has 4 rings (SSSR count). The highest BCUT2D eigenvalue weighted by Crippen LogP contribution is 2.28. The van der Waals surface area contributed by atoms with Crippen molar-refractivity contribution in [2.75, 3.05) is 26.2 Å². The Morgan fingerprint density at radius 1 is 1.17 bits per heavy atom. The van der Waals surface area contributed by atoms with Crippen LogP contribution in [0.1, 0.15) is 5.56 Å². The van der Waals surface area contributed by atoms with Crippen molar-refractivity contribution in [3.05, 3.63) is 58.8 Å². The topological polar surface area (TPSA) is 100 Å². The van der Waals surface area contributed by atoms with Crippen molar-refractivity contribution in [1.82, 2.24) is 29.3 Å². The SMILES string of the molecule is O=C(NCc1ccnc(-n2cccn2)c1)N1CCN(S(=O)(=O)c2ccc(Cl)s2)CC1. The molecule has 0 aromatic carbocycles. The largest absolute Gasteiger partial charge is 0.334 e. The summed E-state index contributed by atoms with van der Waals surface area (Å²) in [5.41, 5.74) is 0.889. The molecule has 0 radical (unpaired) electrons. The van der Waals surface area contributed by atoms with E-state index in [9.17, 15) is 13.2 Å². The zero-order chi connectivity index (χ0) is 21.1. The predicted molar refractivity (Wildman–Crippen MR) is 113 cm³/mol. The molecule has 9 nitrogen and oxygen atoms in total. The maximum Gasteiger partial charge on any atom is 0.317 e. The van der Waals surface area contributed by atoms with Gasteiger partial charge in [-0.25, -0.2) is 22.9 Å². The van der Waals surface area contributed by atoms with Crippen LogP contribution in [0.3, 0.4) is 0 Å². The van der Waals surface area contributed by atoms with Gasteiger partial charge in [0.15, 0.2) is 5.82 Å². The molecule has 1 fully saturated rings. The summed E-state index contributed by atoms with van der Waals surface area (Å²) in [4.78, 5) is 18.4. The van der Waals surface area contributed by atoms with Crippen LogP contribution in [0.4, 0.5) is 4.79 Å². The van der Waals surface area contributed by atoms with Gasteiger partial charge in [0.25, 0.3) is 10.0 Å². The van der Waals surface area contributed by atoms with Gasteiger partial charge in [0.1, 0.15) is 4.21 Å². The summed E-state index contributed by atoms with van der Waals surface area (Å²) in [6, 6.07) is 8.33. The summed E-state index contributed by atoms with van der Waals surface area (Å²) in [7, 11) is -3.58. The summed E-state index contributed by atoms with van der Waals surface area (Å²) < 4.78 is 29.0. The van der Waals surface area contributed by atoms with E-state index in [-0.39, 0.29) is 23.3 Å². The van der Waals surface area contributed by atoms with Crippen LogP contribution in [0.25, 0.3) is 5.82 Å². The van der Waals surface area contributed by atoms with Gasteiger partial charge in [0.05, 0.1) is 4.34 Å². The summed E-state index contributed by atoms with van der Waals surface area (Å²) in [6.07, 6.45) is 5.13. The number of piperazine rings is 1. The molecule has 0 atom stereocenters. The van der Waals surface area contributed by atoms with E-state index in [0.29, 0.717) is 29.8 Å². The fourth-order valence-corrected chi connectivity index (χ4v) is 6.14. The number of rotatable bonds is 5. The molecule has 0 unspecified atom stereocenters. The highest BCUT2D eigenvalue weighted by Gasteiger charge is 2.31. The highest BCUT2D eigenvalue weighted by atomic mass is 35.5. The van der Waals surface area contributed by atoms with Gasteiger partial charge >= 0.3 is 6.03 Å². The number of sulfonamides is 1. The Morgan fingerprint density at radius 3 is 2.63 bits per heavy atom. The Labute approximate surface area is 182 Å². The van der Waals surface area contributed by atoms with E-state index >= 15 is 0 Å². The average Bonchev–Trinajstić information content (AvgIpc) is 3.45. The third-order valence-electron chi connectivity index (χ3n) is 4.66. The standard InChI is InChI=1S/C18H19ClN6O3S2/c19-15-2-3-17(29-15)30(27,28)24-10-8-23(9-11-24)18(26)21-13-14-4-6-20-16(12-14)25-7-1-5-22-25/h1-7,12H,8-11,13H2,(H,21,26). The van der Waals surface area contributed by atoms with Crippen molar-refractivity contribution in [3.63, 3.8) is 0 Å². The maximum absolute atomic E-state index is 12.7. The van der Waals surface area contributed by atoms with Gasteiger partial charge in [-0.05, 0) is 35.9 Å². The second-order valence-corrected chi connectivity index (χ2v) is 10.5. The fraction of sp³-hybridized carbons (Fsp3) is 0.278. The Morgan fingerprint density at radius 2 is 1.97 bits per heavy atom. The zero-order valence-electron chi connectivity index (χ0n) is 15.8. The number of thiophene rings is 1. The second-order valence-electron chi connectivity index (χ2n) is 6.58. The first kappa shape index (κ1) is 20.8. The number of carbonyl (C=O) groups excluding carboxylic acids is 1. The number of pyridine rings is 1. The van der Waals surface area contributed by atoms with E-state index in [1.54, 1.807) is 34.2 Å². The average molecular weight is 467 g/mol. The van der Waals surface area contributed by atoms with E-state index in [1.165, 1.54) is 10.4 Å². The highest BCUT2D eigenvalue weighted by molar-refractivity contribution is 7.91. The molecule has 0 spiro atoms. The molecule has 12 heteroatoms. The van der Waals surface area contributed by atoms with Crippen molar-refractivity contribution in [2.45, 2.75) is 10.8 Å². The number of aromatic nitrogens is 3. The smallest absolute Gasteiger partial charge is 0.317 e. The molecule has 3 aromatic rings. The van der Waals surface area contributed by atoms with Crippen LogP contribution in [0.5, 0.6) is 0 Å². The van der Waals surface area contributed by atoms with Crippen LogP contribution in [-0.2, 0) is 16.6 Å². The first-order valence-corrected chi connectivity index (χ1v) is 11.8. The molecule has 2 amide bonds. The van der Waals surface area contributed by atoms with Gasteiger partial charge in [-0.2, -0.15) is 9.40 Å². The molecule has 0 bridgehead atoms. The molecule has 1 aliphatic rings. The minimum Gasteiger partial charge on any atom is -0.334 e. The van der Waals surface area contributed by atoms with E-state index in [2.05, 4.69) is 15.4 Å². The maximum atomic E-state index is 12.7. The van der Waals surface area contributed by atoms with Crippen LogP contribution in [0, 0.1) is 0 Å². The zero-order valence-corrected chi connectivity index (χ0v) is 18.2. The summed E-state index contributed by atoms with van der Waals surface area (Å²) >= 11 is 6.89. The summed E-state index contributed by atoms with van der Waals surface area (Å²) in [5.74, 6) is 0.666. The van der Waals surface area contributed by atoms with Gasteiger partial charge in [0, 0.05) is 51.3 Å². The summed E-state index contributed by atoms with van der Waals surface area (Å²) in [5, 5.41) is 7.02. The number of halogens is 1. The van der Waals surface area contributed by atoms with Gasteiger partial charge < -0.3 is 10.2 Å². The van der Waals surface area contributed by atoms with E-state index < -0.39 is 10.0 Å². The molecule has 1 saturated heterocycles. The van der Waals surface area contributed by atoms with Crippen molar-refractivity contribution in [3.8, 4) is 5.82 Å². The van der Waals surface area contributed by atoms with Crippen molar-refractivity contribution < 1.29 is 13.2 Å². The number of nitrogens with one attached hydrogen (secondary N) is 1. The number of amides is 2. The van der Waals surface area contributed by atoms with Crippen molar-refractivity contribution in [2.24, 2.45) is 0 Å². The molecular weight excluding hydrogens is 448 g/mol. The lowest BCUT2D eigenvalue weighted by Crippen LogP contribution is -2.52. The van der Waals surface area contributed by atoms with Gasteiger partial charge in [0.2, 0.25) is 0 Å². The van der Waals surface area contributed by atoms with E-state index in [4.69, 9.17) is 11.6 Å². The minimum atomic E-state index is -3.58. The fourth-order valence-electron chi connectivity index (χ4n) is 3.08. The Balaban J connectivity index is 1.31. The normalized spacial score (nSPS) is 15.3. The third kappa shape index (κ3) is 4.48. The molecule has 1 aliphatic heterocycles. The van der Waals surface area contributed by atoms with Crippen LogP contribution in [0.15, 0.2) is 53.1 Å². The Kier molecular flexibility index (Phi) is 6.04. The number of hydrogen-bond acceptors (Lipinski definition) is 6. The molecule has 1 N–H and O–H groups in total. The van der Waals surface area contributed by atoms with Crippen molar-refractivity contribution in [1.29, 1.82) is 0 Å². The number of carbonyl (C=O) groups is 1. The van der Waals surface area contributed by atoms with Crippen LogP contribution in [-0.4, -0.2) is 64.6 Å². The lowest BCUT2D eigenvalue weighted by atomic mass is 10.2. The number of hydrogen-bond donors (Lipinski definition) is 1. The molecule has 0 saturated carbocycles. The summed E-state index contributed by atoms with van der Waals surface area (Å²) in [6.45, 7) is 1.45. The van der Waals surface area contributed by atoms with Crippen LogP contribution >= 0.6 is 22.9 Å². The lowest BCUT2D eigenvalue weighted by molar-refractivity contribution is 0.172. The third-order valence-corrected chi connectivity index (χ3v) is 8.26. The van der Waals surface area contributed by atoms with E-state index in [0.717, 1.165) is 16.9 Å². The molecule has 30 heavy (non-hydrogen) atoms. The number of nitrogens with zero attached hydrogens (tertiary/aromatic N) is 5. The molecule has 4 heterocycles. The monoisotopic (exact) mass is 466 g/mol. The molecule has 158 valence electrons. The van der Waals surface area contributed by atoms with Crippen molar-refractivity contribution >= 4 is 39.0 Å². The number of urea groups is 1. The Hall–Kier alpha value is -2.47. The lowest BCUT2D eigenvalue weighted by Gasteiger charge is -2.33. The first-order valence-electron chi connectivity index (χ1n) is 9.17. The second kappa shape index (κ2) is 8.72. The van der Waals surface area contributed by atoms with Crippen LogP contribution < -0.4 is 5.32 Å². The van der Waals surface area contributed by atoms with E-state index in [1.807, 2.05) is 18.2 Å². The Bertz CT molecular complexity index is 1120.